The Kier molecular flexibility index (Phi) is 4.94. The highest BCUT2D eigenvalue weighted by Crippen LogP contribution is 2.33. The molecule has 1 aliphatic rings. The van der Waals surface area contributed by atoms with Crippen molar-refractivity contribution in [3.8, 4) is 5.75 Å². The molecule has 1 aliphatic carbocycles. The van der Waals surface area contributed by atoms with E-state index < -0.39 is 0 Å². The molecule has 5 heteroatoms. The van der Waals surface area contributed by atoms with E-state index in [1.54, 1.807) is 17.4 Å². The third kappa shape index (κ3) is 3.60. The molecule has 0 aliphatic heterocycles. The Morgan fingerprint density at radius 1 is 1.33 bits per heavy atom. The molecule has 0 fully saturated rings. The number of hydrogen-bond acceptors (Lipinski definition) is 4. The van der Waals surface area contributed by atoms with E-state index in [4.69, 9.17) is 0 Å². The summed E-state index contributed by atoms with van der Waals surface area (Å²) in [4.78, 5) is 14.5. The van der Waals surface area contributed by atoms with Crippen molar-refractivity contribution in [2.75, 3.05) is 0 Å². The van der Waals surface area contributed by atoms with Crippen molar-refractivity contribution in [2.24, 2.45) is 11.0 Å². The highest BCUT2D eigenvalue weighted by atomic mass is 32.1. The van der Waals surface area contributed by atoms with Gasteiger partial charge in [-0.05, 0) is 53.6 Å². The lowest BCUT2D eigenvalue weighted by atomic mass is 9.87. The number of fused-ring (bicyclic) bond motifs is 2. The first-order valence-corrected chi connectivity index (χ1v) is 10.1. The van der Waals surface area contributed by atoms with Gasteiger partial charge in [-0.2, -0.15) is 5.10 Å². The topological polar surface area (TPSA) is 61.7 Å². The second-order valence-electron chi connectivity index (χ2n) is 6.99. The zero-order valence-electron chi connectivity index (χ0n) is 15.2. The molecule has 1 aromatic heterocycles. The van der Waals surface area contributed by atoms with Crippen molar-refractivity contribution in [1.29, 1.82) is 0 Å². The zero-order chi connectivity index (χ0) is 18.8. The van der Waals surface area contributed by atoms with E-state index in [-0.39, 0.29) is 11.7 Å². The predicted octanol–water partition coefficient (Wildman–Crippen LogP) is 4.89. The minimum absolute atomic E-state index is 0.142. The number of benzene rings is 2. The van der Waals surface area contributed by atoms with Crippen LogP contribution in [0.1, 0.15) is 45.4 Å². The van der Waals surface area contributed by atoms with Crippen LogP contribution < -0.4 is 5.43 Å². The van der Waals surface area contributed by atoms with Crippen molar-refractivity contribution in [2.45, 2.75) is 32.6 Å². The molecule has 1 heterocycles. The molecule has 3 aromatic rings. The molecule has 0 bridgehead atoms. The van der Waals surface area contributed by atoms with Crippen molar-refractivity contribution in [3.63, 3.8) is 0 Å². The van der Waals surface area contributed by atoms with Gasteiger partial charge in [0.05, 0.1) is 11.1 Å². The number of carbonyl (C=O) groups excluding carboxylic acids is 1. The molecule has 0 radical (unpaired) electrons. The zero-order valence-corrected chi connectivity index (χ0v) is 16.1. The summed E-state index contributed by atoms with van der Waals surface area (Å²) >= 11 is 1.57. The number of phenolic OH excluding ortho intramolecular Hbond substituents is 1. The molecule has 0 saturated carbocycles. The van der Waals surface area contributed by atoms with E-state index in [0.717, 1.165) is 29.5 Å². The smallest absolute Gasteiger partial charge is 0.281 e. The quantitative estimate of drug-likeness (QED) is 0.502. The van der Waals surface area contributed by atoms with Gasteiger partial charge in [0.1, 0.15) is 5.75 Å². The SMILES string of the molecule is CC[C@H]1CCc2sc(C(=O)N/N=C/c3c(O)ccc4ccccc34)cc2C1. The van der Waals surface area contributed by atoms with Gasteiger partial charge in [0.15, 0.2) is 0 Å². The summed E-state index contributed by atoms with van der Waals surface area (Å²) in [5, 5.41) is 16.1. The molecule has 1 atom stereocenters. The predicted molar refractivity (Wildman–Crippen MR) is 111 cm³/mol. The van der Waals surface area contributed by atoms with Gasteiger partial charge in [-0.25, -0.2) is 5.43 Å². The fourth-order valence-corrected chi connectivity index (χ4v) is 4.79. The first-order chi connectivity index (χ1) is 13.2. The molecule has 138 valence electrons. The Bertz CT molecular complexity index is 1020. The standard InChI is InChI=1S/C22H22N2O2S/c1-2-14-7-10-20-16(11-14)12-21(27-20)22(26)24-23-13-18-17-6-4-3-5-15(17)8-9-19(18)25/h3-6,8-9,12-14,25H,2,7,10-11H2,1H3,(H,24,26)/b23-13+/t14-/m0/s1. The van der Waals surface area contributed by atoms with E-state index in [1.807, 2.05) is 36.4 Å². The number of amides is 1. The van der Waals surface area contributed by atoms with Crippen LogP contribution in [0.3, 0.4) is 0 Å². The van der Waals surface area contributed by atoms with Crippen LogP contribution in [0.2, 0.25) is 0 Å². The summed E-state index contributed by atoms with van der Waals surface area (Å²) in [6.45, 7) is 2.23. The van der Waals surface area contributed by atoms with E-state index in [9.17, 15) is 9.90 Å². The maximum atomic E-state index is 12.5. The summed E-state index contributed by atoms with van der Waals surface area (Å²) in [5.74, 6) is 0.678. The van der Waals surface area contributed by atoms with E-state index >= 15 is 0 Å². The number of phenols is 1. The summed E-state index contributed by atoms with van der Waals surface area (Å²) < 4.78 is 0. The lowest BCUT2D eigenvalue weighted by molar-refractivity contribution is 0.0959. The number of aromatic hydroxyl groups is 1. The second kappa shape index (κ2) is 7.53. The summed E-state index contributed by atoms with van der Waals surface area (Å²) in [6, 6.07) is 13.3. The van der Waals surface area contributed by atoms with Gasteiger partial charge in [0, 0.05) is 10.4 Å². The molecule has 2 aromatic carbocycles. The maximum absolute atomic E-state index is 12.5. The molecular formula is C22H22N2O2S. The second-order valence-corrected chi connectivity index (χ2v) is 8.13. The number of nitrogens with one attached hydrogen (secondary N) is 1. The fraction of sp³-hybridized carbons (Fsp3) is 0.273. The van der Waals surface area contributed by atoms with Gasteiger partial charge >= 0.3 is 0 Å². The summed E-state index contributed by atoms with van der Waals surface area (Å²) in [6.07, 6.45) is 6.05. The molecule has 1 amide bonds. The highest BCUT2D eigenvalue weighted by Gasteiger charge is 2.21. The molecule has 2 N–H and O–H groups in total. The largest absolute Gasteiger partial charge is 0.507 e. The Hall–Kier alpha value is -2.66. The number of hydrazone groups is 1. The van der Waals surface area contributed by atoms with Crippen LogP contribution in [0, 0.1) is 5.92 Å². The van der Waals surface area contributed by atoms with Crippen molar-refractivity contribution in [1.82, 2.24) is 5.43 Å². The Balaban J connectivity index is 1.51. The molecule has 4 nitrogen and oxygen atoms in total. The number of aryl methyl sites for hydroxylation is 1. The van der Waals surface area contributed by atoms with Crippen LogP contribution in [0.25, 0.3) is 10.8 Å². The van der Waals surface area contributed by atoms with Crippen LogP contribution in [-0.2, 0) is 12.8 Å². The van der Waals surface area contributed by atoms with E-state index in [2.05, 4.69) is 17.5 Å². The Morgan fingerprint density at radius 2 is 2.19 bits per heavy atom. The molecule has 27 heavy (non-hydrogen) atoms. The molecular weight excluding hydrogens is 356 g/mol. The first-order valence-electron chi connectivity index (χ1n) is 9.31. The van der Waals surface area contributed by atoms with Gasteiger partial charge in [0.2, 0.25) is 0 Å². The van der Waals surface area contributed by atoms with Gasteiger partial charge in [-0.3, -0.25) is 4.79 Å². The maximum Gasteiger partial charge on any atom is 0.281 e. The van der Waals surface area contributed by atoms with Crippen LogP contribution in [-0.4, -0.2) is 17.2 Å². The Morgan fingerprint density at radius 3 is 3.04 bits per heavy atom. The number of hydrogen-bond donors (Lipinski definition) is 2. The minimum Gasteiger partial charge on any atom is -0.507 e. The lowest BCUT2D eigenvalue weighted by Gasteiger charge is -2.19. The third-order valence-electron chi connectivity index (χ3n) is 5.29. The average molecular weight is 378 g/mol. The number of carbonyl (C=O) groups is 1. The highest BCUT2D eigenvalue weighted by molar-refractivity contribution is 7.14. The van der Waals surface area contributed by atoms with E-state index in [1.165, 1.54) is 29.5 Å². The third-order valence-corrected chi connectivity index (χ3v) is 6.53. The lowest BCUT2D eigenvalue weighted by Crippen LogP contribution is -2.16. The molecule has 0 unspecified atom stereocenters. The fourth-order valence-electron chi connectivity index (χ4n) is 3.69. The van der Waals surface area contributed by atoms with Crippen LogP contribution in [0.4, 0.5) is 0 Å². The van der Waals surface area contributed by atoms with Crippen LogP contribution >= 0.6 is 11.3 Å². The number of thiophene rings is 1. The van der Waals surface area contributed by atoms with Gasteiger partial charge in [-0.15, -0.1) is 11.3 Å². The van der Waals surface area contributed by atoms with E-state index in [0.29, 0.717) is 10.4 Å². The average Bonchev–Trinajstić information content (AvgIpc) is 3.13. The van der Waals surface area contributed by atoms with Crippen LogP contribution in [0.5, 0.6) is 5.75 Å². The number of nitrogens with zero attached hydrogens (tertiary/aromatic N) is 1. The van der Waals surface area contributed by atoms with Crippen molar-refractivity contribution < 1.29 is 9.90 Å². The van der Waals surface area contributed by atoms with Crippen LogP contribution in [0.15, 0.2) is 47.6 Å². The molecule has 0 spiro atoms. The number of rotatable bonds is 4. The minimum atomic E-state index is -0.196. The molecule has 0 saturated heterocycles. The normalized spacial score (nSPS) is 16.6. The van der Waals surface area contributed by atoms with Gasteiger partial charge in [0.25, 0.3) is 5.91 Å². The van der Waals surface area contributed by atoms with Gasteiger partial charge < -0.3 is 5.11 Å². The molecule has 4 rings (SSSR count). The monoisotopic (exact) mass is 378 g/mol. The summed E-state index contributed by atoms with van der Waals surface area (Å²) in [5.41, 5.74) is 4.52. The van der Waals surface area contributed by atoms with Crippen molar-refractivity contribution in [3.05, 3.63) is 63.3 Å². The first kappa shape index (κ1) is 17.7. The Labute approximate surface area is 162 Å². The summed E-state index contributed by atoms with van der Waals surface area (Å²) in [7, 11) is 0. The van der Waals surface area contributed by atoms with Gasteiger partial charge in [-0.1, -0.05) is 43.7 Å². The van der Waals surface area contributed by atoms with Crippen molar-refractivity contribution >= 4 is 34.2 Å².